The molecule has 2 aromatic heterocycles. The number of carbonyl (C=O) groups is 1. The number of imidazole rings is 1. The van der Waals surface area contributed by atoms with Crippen molar-refractivity contribution >= 4 is 27.4 Å². The van der Waals surface area contributed by atoms with E-state index in [1.807, 2.05) is 32.4 Å². The minimum atomic E-state index is -3.72. The van der Waals surface area contributed by atoms with Crippen LogP contribution < -0.4 is 5.32 Å². The summed E-state index contributed by atoms with van der Waals surface area (Å²) in [7, 11) is -1.75. The lowest BCUT2D eigenvalue weighted by molar-refractivity contribution is 0.0660. The molecule has 0 atom stereocenters. The monoisotopic (exact) mass is 515 g/mol. The number of piperazine rings is 1. The lowest BCUT2D eigenvalue weighted by atomic mass is 10.1. The van der Waals surface area contributed by atoms with Crippen molar-refractivity contribution in [1.82, 2.24) is 29.3 Å². The third-order valence-corrected chi connectivity index (χ3v) is 7.28. The second-order valence-corrected chi connectivity index (χ2v) is 11.2. The summed E-state index contributed by atoms with van der Waals surface area (Å²) in [6.07, 6.45) is 3.68. The smallest absolute Gasteiger partial charge is 0.255 e. The molecule has 3 heterocycles. The molecular formula is C24H30FN7O3S. The molecule has 192 valence electrons. The summed E-state index contributed by atoms with van der Waals surface area (Å²) in [5, 5.41) is 2.95. The minimum Gasteiger partial charge on any atom is -0.336 e. The third kappa shape index (κ3) is 5.24. The van der Waals surface area contributed by atoms with Crippen molar-refractivity contribution in [3.05, 3.63) is 47.8 Å². The van der Waals surface area contributed by atoms with Gasteiger partial charge in [0.15, 0.2) is 15.7 Å². The first-order valence-electron chi connectivity index (χ1n) is 11.6. The Labute approximate surface area is 210 Å². The second-order valence-electron chi connectivity index (χ2n) is 9.25. The molecule has 1 aliphatic rings. The normalized spacial score (nSPS) is 14.9. The number of benzene rings is 1. The Kier molecular flexibility index (Phi) is 7.10. The fraction of sp³-hybridized carbons (Fsp3) is 0.417. The number of nitrogens with zero attached hydrogens (tertiary/aromatic N) is 6. The maximum absolute atomic E-state index is 14.7. The topological polar surface area (TPSA) is 113 Å². The highest BCUT2D eigenvalue weighted by Crippen LogP contribution is 2.28. The van der Waals surface area contributed by atoms with Gasteiger partial charge in [0, 0.05) is 44.2 Å². The predicted molar refractivity (Wildman–Crippen MR) is 135 cm³/mol. The number of sulfone groups is 1. The molecule has 0 saturated carbocycles. The van der Waals surface area contributed by atoms with Crippen molar-refractivity contribution in [3.8, 4) is 11.4 Å². The zero-order valence-electron chi connectivity index (χ0n) is 21.0. The van der Waals surface area contributed by atoms with Gasteiger partial charge < -0.3 is 19.7 Å². The number of halogens is 1. The fourth-order valence-electron chi connectivity index (χ4n) is 4.28. The van der Waals surface area contributed by atoms with Crippen molar-refractivity contribution in [2.24, 2.45) is 0 Å². The van der Waals surface area contributed by atoms with E-state index in [0.29, 0.717) is 24.5 Å². The Morgan fingerprint density at radius 1 is 1.11 bits per heavy atom. The molecule has 1 fully saturated rings. The summed E-state index contributed by atoms with van der Waals surface area (Å²) >= 11 is 0. The van der Waals surface area contributed by atoms with Crippen LogP contribution in [-0.4, -0.2) is 83.1 Å². The van der Waals surface area contributed by atoms with E-state index in [4.69, 9.17) is 0 Å². The van der Waals surface area contributed by atoms with Gasteiger partial charge in [0.2, 0.25) is 5.95 Å². The first-order valence-corrected chi connectivity index (χ1v) is 13.5. The molecule has 0 aliphatic carbocycles. The van der Waals surface area contributed by atoms with E-state index < -0.39 is 15.7 Å². The van der Waals surface area contributed by atoms with Gasteiger partial charge in [-0.25, -0.2) is 27.8 Å². The molecule has 4 rings (SSSR count). The largest absolute Gasteiger partial charge is 0.336 e. The van der Waals surface area contributed by atoms with Crippen LogP contribution in [0.15, 0.2) is 35.5 Å². The molecule has 1 amide bonds. The Morgan fingerprint density at radius 2 is 1.81 bits per heavy atom. The van der Waals surface area contributed by atoms with E-state index in [1.54, 1.807) is 17.2 Å². The van der Waals surface area contributed by atoms with Crippen LogP contribution in [0.25, 0.3) is 11.4 Å². The fourth-order valence-corrected chi connectivity index (χ4v) is 5.18. The highest BCUT2D eigenvalue weighted by atomic mass is 32.2. The molecule has 1 N–H and O–H groups in total. The highest BCUT2D eigenvalue weighted by molar-refractivity contribution is 7.90. The molecule has 1 saturated heterocycles. The summed E-state index contributed by atoms with van der Waals surface area (Å²) in [5.41, 5.74) is 1.06. The van der Waals surface area contributed by atoms with Crippen LogP contribution in [0.2, 0.25) is 0 Å². The molecular weight excluding hydrogens is 485 g/mol. The lowest BCUT2D eigenvalue weighted by Gasteiger charge is -2.32. The third-order valence-electron chi connectivity index (χ3n) is 6.14. The van der Waals surface area contributed by atoms with E-state index in [9.17, 15) is 17.6 Å². The van der Waals surface area contributed by atoms with Crippen molar-refractivity contribution in [2.75, 3.05) is 44.8 Å². The van der Waals surface area contributed by atoms with E-state index >= 15 is 0 Å². The molecule has 3 aromatic rings. The molecule has 36 heavy (non-hydrogen) atoms. The average molecular weight is 516 g/mol. The van der Waals surface area contributed by atoms with Crippen LogP contribution in [0.1, 0.15) is 36.1 Å². The minimum absolute atomic E-state index is 0.0379. The molecule has 0 spiro atoms. The number of anilines is 2. The summed E-state index contributed by atoms with van der Waals surface area (Å²) in [6, 6.07) is 4.50. The van der Waals surface area contributed by atoms with Crippen LogP contribution in [0.5, 0.6) is 0 Å². The second kappa shape index (κ2) is 9.94. The molecule has 1 aliphatic heterocycles. The zero-order chi connectivity index (χ0) is 26.2. The molecule has 0 bridgehead atoms. The molecule has 0 radical (unpaired) electrons. The van der Waals surface area contributed by atoms with Gasteiger partial charge in [-0.2, -0.15) is 0 Å². The highest BCUT2D eigenvalue weighted by Gasteiger charge is 2.26. The van der Waals surface area contributed by atoms with Crippen LogP contribution >= 0.6 is 0 Å². The van der Waals surface area contributed by atoms with Gasteiger partial charge in [0.25, 0.3) is 5.91 Å². The average Bonchev–Trinajstić information content (AvgIpc) is 3.21. The van der Waals surface area contributed by atoms with Gasteiger partial charge in [-0.05, 0) is 46.0 Å². The van der Waals surface area contributed by atoms with E-state index in [0.717, 1.165) is 31.4 Å². The van der Waals surface area contributed by atoms with Crippen LogP contribution in [0, 0.1) is 12.7 Å². The van der Waals surface area contributed by atoms with Crippen molar-refractivity contribution in [2.45, 2.75) is 31.7 Å². The quantitative estimate of drug-likeness (QED) is 0.533. The number of aromatic nitrogens is 4. The Bertz CT molecular complexity index is 1400. The van der Waals surface area contributed by atoms with Gasteiger partial charge in [-0.3, -0.25) is 4.79 Å². The number of likely N-dealkylation sites (N-methyl/N-ethyl adjacent to an activating group) is 1. The van der Waals surface area contributed by atoms with Crippen LogP contribution in [0.3, 0.4) is 0 Å². The van der Waals surface area contributed by atoms with Gasteiger partial charge in [-0.15, -0.1) is 0 Å². The number of hydrogen-bond acceptors (Lipinski definition) is 8. The Hall–Kier alpha value is -3.38. The van der Waals surface area contributed by atoms with E-state index in [-0.39, 0.29) is 34.1 Å². The van der Waals surface area contributed by atoms with Gasteiger partial charge in [-0.1, -0.05) is 0 Å². The van der Waals surface area contributed by atoms with Gasteiger partial charge in [0.05, 0.1) is 28.5 Å². The SMILES string of the molecule is Cc1ncc(-c2nc(Nc3ccc(C(=O)N4CCN(C)CC4)c(S(C)(=O)=O)c3)ncc2F)n1C(C)C. The summed E-state index contributed by atoms with van der Waals surface area (Å²) in [4.78, 5) is 29.4. The molecule has 1 aromatic carbocycles. The van der Waals surface area contributed by atoms with E-state index in [2.05, 4.69) is 25.2 Å². The lowest BCUT2D eigenvalue weighted by Crippen LogP contribution is -2.47. The maximum atomic E-state index is 14.7. The molecule has 0 unspecified atom stereocenters. The zero-order valence-corrected chi connectivity index (χ0v) is 21.8. The number of amides is 1. The van der Waals surface area contributed by atoms with Gasteiger partial charge in [0.1, 0.15) is 11.5 Å². The number of carbonyl (C=O) groups excluding carboxylic acids is 1. The predicted octanol–water partition coefficient (Wildman–Crippen LogP) is 2.90. The van der Waals surface area contributed by atoms with Crippen molar-refractivity contribution < 1.29 is 17.6 Å². The summed E-state index contributed by atoms with van der Waals surface area (Å²) < 4.78 is 41.7. The summed E-state index contributed by atoms with van der Waals surface area (Å²) in [6.45, 7) is 8.26. The molecule has 10 nitrogen and oxygen atoms in total. The van der Waals surface area contributed by atoms with Crippen LogP contribution in [-0.2, 0) is 9.84 Å². The first kappa shape index (κ1) is 25.7. The maximum Gasteiger partial charge on any atom is 0.255 e. The van der Waals surface area contributed by atoms with Crippen LogP contribution in [0.4, 0.5) is 16.0 Å². The van der Waals surface area contributed by atoms with E-state index in [1.165, 1.54) is 12.1 Å². The first-order chi connectivity index (χ1) is 17.0. The van der Waals surface area contributed by atoms with Gasteiger partial charge >= 0.3 is 0 Å². The Morgan fingerprint density at radius 3 is 2.44 bits per heavy atom. The molecule has 12 heteroatoms. The Balaban J connectivity index is 1.67. The number of hydrogen-bond donors (Lipinski definition) is 1. The van der Waals surface area contributed by atoms with Crippen molar-refractivity contribution in [1.29, 1.82) is 0 Å². The van der Waals surface area contributed by atoms with Crippen molar-refractivity contribution in [3.63, 3.8) is 0 Å². The summed E-state index contributed by atoms with van der Waals surface area (Å²) in [5.74, 6) is -0.121. The standard InChI is InChI=1S/C24H30FN7O3S/c1-15(2)32-16(3)26-14-20(32)22-19(25)13-27-24(29-22)28-17-6-7-18(21(12-17)36(5,34)35)23(33)31-10-8-30(4)9-11-31/h6-7,12-15H,8-11H2,1-5H3,(H,27,28,29). The number of rotatable bonds is 6. The number of aryl methyl sites for hydroxylation is 1. The number of nitrogens with one attached hydrogen (secondary N) is 1.